The number of halogens is 1. The van der Waals surface area contributed by atoms with Crippen molar-refractivity contribution in [3.05, 3.63) is 28.0 Å². The van der Waals surface area contributed by atoms with Gasteiger partial charge in [-0.1, -0.05) is 37.2 Å². The third-order valence-corrected chi connectivity index (χ3v) is 4.08. The van der Waals surface area contributed by atoms with Crippen LogP contribution < -0.4 is 0 Å². The van der Waals surface area contributed by atoms with Crippen LogP contribution in [0.5, 0.6) is 0 Å². The Morgan fingerprint density at radius 3 is 2.65 bits per heavy atom. The SMILES string of the molecule is C[Si](C)(C)C#Cc1c(Cl)ncc2c1CCCC2. The second-order valence-corrected chi connectivity index (χ2v) is 10.7. The van der Waals surface area contributed by atoms with Crippen molar-refractivity contribution in [1.29, 1.82) is 0 Å². The van der Waals surface area contributed by atoms with E-state index in [1.54, 1.807) is 0 Å². The summed E-state index contributed by atoms with van der Waals surface area (Å²) in [4.78, 5) is 4.27. The first-order valence-corrected chi connectivity index (χ1v) is 10.0. The Morgan fingerprint density at radius 1 is 1.24 bits per heavy atom. The maximum Gasteiger partial charge on any atom is 0.144 e. The van der Waals surface area contributed by atoms with Crippen molar-refractivity contribution >= 4 is 19.7 Å². The first-order chi connectivity index (χ1) is 7.97. The molecule has 90 valence electrons. The molecule has 0 unspecified atom stereocenters. The van der Waals surface area contributed by atoms with Crippen molar-refractivity contribution in [3.8, 4) is 11.5 Å². The molecule has 17 heavy (non-hydrogen) atoms. The molecule has 0 atom stereocenters. The van der Waals surface area contributed by atoms with E-state index in [0.29, 0.717) is 5.15 Å². The van der Waals surface area contributed by atoms with Crippen LogP contribution >= 0.6 is 11.6 Å². The first-order valence-electron chi connectivity index (χ1n) is 6.17. The third kappa shape index (κ3) is 3.11. The summed E-state index contributed by atoms with van der Waals surface area (Å²) < 4.78 is 0. The van der Waals surface area contributed by atoms with Gasteiger partial charge in [0.05, 0.1) is 5.56 Å². The fraction of sp³-hybridized carbons (Fsp3) is 0.500. The minimum atomic E-state index is -1.36. The van der Waals surface area contributed by atoms with Gasteiger partial charge in [-0.3, -0.25) is 0 Å². The molecule has 1 nitrogen and oxygen atoms in total. The Bertz CT molecular complexity index is 491. The zero-order chi connectivity index (χ0) is 12.5. The lowest BCUT2D eigenvalue weighted by Crippen LogP contribution is -2.16. The quantitative estimate of drug-likeness (QED) is 0.394. The topological polar surface area (TPSA) is 12.9 Å². The maximum absolute atomic E-state index is 6.19. The van der Waals surface area contributed by atoms with Crippen molar-refractivity contribution in [2.45, 2.75) is 45.3 Å². The van der Waals surface area contributed by atoms with E-state index in [9.17, 15) is 0 Å². The normalized spacial score (nSPS) is 14.8. The Kier molecular flexibility index (Phi) is 3.60. The molecule has 0 aliphatic heterocycles. The van der Waals surface area contributed by atoms with E-state index in [1.807, 2.05) is 6.20 Å². The molecule has 1 aromatic heterocycles. The van der Waals surface area contributed by atoms with Crippen LogP contribution in [0, 0.1) is 11.5 Å². The summed E-state index contributed by atoms with van der Waals surface area (Å²) in [5.74, 6) is 3.30. The number of hydrogen-bond donors (Lipinski definition) is 0. The molecule has 1 heterocycles. The van der Waals surface area contributed by atoms with E-state index in [4.69, 9.17) is 11.6 Å². The molecule has 0 radical (unpaired) electrons. The van der Waals surface area contributed by atoms with Crippen molar-refractivity contribution in [2.24, 2.45) is 0 Å². The number of fused-ring (bicyclic) bond motifs is 1. The average molecular weight is 264 g/mol. The van der Waals surface area contributed by atoms with Gasteiger partial charge in [0, 0.05) is 6.20 Å². The monoisotopic (exact) mass is 263 g/mol. The Labute approximate surface area is 110 Å². The molecular weight excluding hydrogens is 246 g/mol. The molecule has 0 bridgehead atoms. The number of aromatic nitrogens is 1. The third-order valence-electron chi connectivity index (χ3n) is 2.91. The summed E-state index contributed by atoms with van der Waals surface area (Å²) in [5, 5.41) is 0.580. The fourth-order valence-electron chi connectivity index (χ4n) is 2.06. The van der Waals surface area contributed by atoms with Crippen LogP contribution in [0.4, 0.5) is 0 Å². The Balaban J connectivity index is 2.48. The Hall–Kier alpha value is -0.783. The van der Waals surface area contributed by atoms with E-state index in [1.165, 1.54) is 24.0 Å². The predicted molar refractivity (Wildman–Crippen MR) is 76.1 cm³/mol. The van der Waals surface area contributed by atoms with Crippen LogP contribution in [-0.2, 0) is 12.8 Å². The fourth-order valence-corrected chi connectivity index (χ4v) is 2.77. The summed E-state index contributed by atoms with van der Waals surface area (Å²) >= 11 is 6.19. The summed E-state index contributed by atoms with van der Waals surface area (Å²) in [7, 11) is -1.36. The van der Waals surface area contributed by atoms with Gasteiger partial charge in [-0.05, 0) is 36.8 Å². The lowest BCUT2D eigenvalue weighted by molar-refractivity contribution is 0.681. The summed E-state index contributed by atoms with van der Waals surface area (Å²) in [6.45, 7) is 6.74. The molecule has 0 spiro atoms. The summed E-state index contributed by atoms with van der Waals surface area (Å²) in [5.41, 5.74) is 7.08. The largest absolute Gasteiger partial charge is 0.243 e. The molecule has 2 rings (SSSR count). The highest BCUT2D eigenvalue weighted by molar-refractivity contribution is 6.83. The highest BCUT2D eigenvalue weighted by atomic mass is 35.5. The van der Waals surface area contributed by atoms with Crippen LogP contribution in [0.3, 0.4) is 0 Å². The number of hydrogen-bond acceptors (Lipinski definition) is 1. The highest BCUT2D eigenvalue weighted by Gasteiger charge is 2.16. The second-order valence-electron chi connectivity index (χ2n) is 5.63. The van der Waals surface area contributed by atoms with Gasteiger partial charge in [0.1, 0.15) is 13.2 Å². The van der Waals surface area contributed by atoms with Gasteiger partial charge in [0.25, 0.3) is 0 Å². The average Bonchev–Trinajstić information content (AvgIpc) is 2.26. The highest BCUT2D eigenvalue weighted by Crippen LogP contribution is 2.27. The van der Waals surface area contributed by atoms with Crippen LogP contribution in [0.15, 0.2) is 6.20 Å². The lowest BCUT2D eigenvalue weighted by atomic mass is 9.90. The first kappa shape index (κ1) is 12.7. The smallest absolute Gasteiger partial charge is 0.144 e. The molecule has 1 aliphatic rings. The van der Waals surface area contributed by atoms with Gasteiger partial charge < -0.3 is 0 Å². The van der Waals surface area contributed by atoms with E-state index in [0.717, 1.165) is 18.4 Å². The van der Waals surface area contributed by atoms with Crippen LogP contribution in [0.25, 0.3) is 0 Å². The van der Waals surface area contributed by atoms with E-state index < -0.39 is 8.07 Å². The molecule has 0 fully saturated rings. The molecule has 1 aromatic rings. The van der Waals surface area contributed by atoms with Gasteiger partial charge in [0.15, 0.2) is 0 Å². The standard InChI is InChI=1S/C14H18ClNSi/c1-17(2,3)9-8-13-12-7-5-4-6-11(12)10-16-14(13)15/h10H,4-7H2,1-3H3. The number of aryl methyl sites for hydroxylation is 1. The minimum Gasteiger partial charge on any atom is -0.243 e. The molecular formula is C14H18ClNSi. The van der Waals surface area contributed by atoms with Crippen LogP contribution in [0.2, 0.25) is 24.8 Å². The lowest BCUT2D eigenvalue weighted by Gasteiger charge is -2.17. The van der Waals surface area contributed by atoms with Gasteiger partial charge >= 0.3 is 0 Å². The predicted octanol–water partition coefficient (Wildman–Crippen LogP) is 3.84. The van der Waals surface area contributed by atoms with E-state index >= 15 is 0 Å². The molecule has 0 N–H and O–H groups in total. The molecule has 0 amide bonds. The van der Waals surface area contributed by atoms with E-state index in [-0.39, 0.29) is 0 Å². The van der Waals surface area contributed by atoms with Crippen LogP contribution in [-0.4, -0.2) is 13.1 Å². The zero-order valence-corrected chi connectivity index (χ0v) is 12.5. The second kappa shape index (κ2) is 4.84. The molecule has 0 aromatic carbocycles. The van der Waals surface area contributed by atoms with Gasteiger partial charge in [-0.25, -0.2) is 4.98 Å². The van der Waals surface area contributed by atoms with Gasteiger partial charge in [-0.15, -0.1) is 5.54 Å². The molecule has 1 aliphatic carbocycles. The van der Waals surface area contributed by atoms with Crippen LogP contribution in [0.1, 0.15) is 29.5 Å². The summed E-state index contributed by atoms with van der Waals surface area (Å²) in [6.07, 6.45) is 6.66. The maximum atomic E-state index is 6.19. The molecule has 3 heteroatoms. The number of nitrogens with zero attached hydrogens (tertiary/aromatic N) is 1. The van der Waals surface area contributed by atoms with Crippen molar-refractivity contribution in [1.82, 2.24) is 4.98 Å². The number of rotatable bonds is 0. The van der Waals surface area contributed by atoms with Gasteiger partial charge in [0.2, 0.25) is 0 Å². The van der Waals surface area contributed by atoms with E-state index in [2.05, 4.69) is 36.1 Å². The van der Waals surface area contributed by atoms with Crippen molar-refractivity contribution < 1.29 is 0 Å². The minimum absolute atomic E-state index is 0.580. The molecule has 0 saturated carbocycles. The Morgan fingerprint density at radius 2 is 1.94 bits per heavy atom. The zero-order valence-electron chi connectivity index (χ0n) is 10.7. The summed E-state index contributed by atoms with van der Waals surface area (Å²) in [6, 6.07) is 0. The number of pyridine rings is 1. The van der Waals surface area contributed by atoms with Crippen molar-refractivity contribution in [2.75, 3.05) is 0 Å². The van der Waals surface area contributed by atoms with Gasteiger partial charge in [-0.2, -0.15) is 0 Å². The molecule has 0 saturated heterocycles. The van der Waals surface area contributed by atoms with Crippen molar-refractivity contribution in [3.63, 3.8) is 0 Å².